The highest BCUT2D eigenvalue weighted by atomic mass is 16.2. The lowest BCUT2D eigenvalue weighted by atomic mass is 10.1. The topological polar surface area (TPSA) is 86.9 Å². The van der Waals surface area contributed by atoms with Crippen LogP contribution in [-0.2, 0) is 4.79 Å². The number of pyridine rings is 1. The van der Waals surface area contributed by atoms with Gasteiger partial charge in [0.2, 0.25) is 5.91 Å². The van der Waals surface area contributed by atoms with Crippen molar-refractivity contribution in [1.82, 2.24) is 15.3 Å². The molecule has 4 aromatic rings. The van der Waals surface area contributed by atoms with Crippen LogP contribution in [0.2, 0.25) is 0 Å². The number of aromatic amines is 1. The molecule has 134 valence electrons. The number of benzene rings is 2. The van der Waals surface area contributed by atoms with E-state index in [2.05, 4.69) is 20.6 Å². The quantitative estimate of drug-likeness (QED) is 0.523. The molecule has 2 aromatic carbocycles. The van der Waals surface area contributed by atoms with Gasteiger partial charge < -0.3 is 15.6 Å². The van der Waals surface area contributed by atoms with Crippen LogP contribution in [0.3, 0.4) is 0 Å². The molecule has 0 fully saturated rings. The standard InChI is InChI=1S/C21H18N4O2/c1-13-9-10-15-18(24-13)7-4-8-19(15)25-20(26)12-23-21(27)16-11-22-17-6-3-2-5-14(16)17/h2-11,22H,12H2,1H3,(H,23,27)(H,25,26). The first kappa shape index (κ1) is 16.8. The maximum atomic E-state index is 12.4. The maximum absolute atomic E-state index is 12.4. The Balaban J connectivity index is 1.45. The van der Waals surface area contributed by atoms with E-state index in [-0.39, 0.29) is 18.4 Å². The summed E-state index contributed by atoms with van der Waals surface area (Å²) in [5.74, 6) is -0.589. The molecule has 3 N–H and O–H groups in total. The third-order valence-electron chi connectivity index (χ3n) is 4.39. The summed E-state index contributed by atoms with van der Waals surface area (Å²) in [6.07, 6.45) is 1.65. The van der Waals surface area contributed by atoms with Crippen molar-refractivity contribution in [3.63, 3.8) is 0 Å². The molecular weight excluding hydrogens is 340 g/mol. The van der Waals surface area contributed by atoms with Crippen LogP contribution in [0.4, 0.5) is 5.69 Å². The molecule has 0 radical (unpaired) electrons. The van der Waals surface area contributed by atoms with Gasteiger partial charge in [0.25, 0.3) is 5.91 Å². The van der Waals surface area contributed by atoms with Crippen molar-refractivity contribution in [3.05, 3.63) is 72.1 Å². The number of anilines is 1. The molecule has 0 bridgehead atoms. The van der Waals surface area contributed by atoms with Gasteiger partial charge in [-0.15, -0.1) is 0 Å². The van der Waals surface area contributed by atoms with Crippen molar-refractivity contribution in [2.24, 2.45) is 0 Å². The van der Waals surface area contributed by atoms with Gasteiger partial charge in [0.1, 0.15) is 0 Å². The maximum Gasteiger partial charge on any atom is 0.253 e. The van der Waals surface area contributed by atoms with Gasteiger partial charge >= 0.3 is 0 Å². The lowest BCUT2D eigenvalue weighted by molar-refractivity contribution is -0.115. The van der Waals surface area contributed by atoms with Crippen LogP contribution >= 0.6 is 0 Å². The van der Waals surface area contributed by atoms with E-state index < -0.39 is 0 Å². The monoisotopic (exact) mass is 358 g/mol. The average Bonchev–Trinajstić information content (AvgIpc) is 3.10. The van der Waals surface area contributed by atoms with E-state index in [4.69, 9.17) is 0 Å². The summed E-state index contributed by atoms with van der Waals surface area (Å²) in [7, 11) is 0. The fourth-order valence-electron chi connectivity index (χ4n) is 3.08. The number of H-pyrrole nitrogens is 1. The number of para-hydroxylation sites is 1. The largest absolute Gasteiger partial charge is 0.360 e. The Kier molecular flexibility index (Phi) is 4.30. The van der Waals surface area contributed by atoms with Crippen molar-refractivity contribution in [3.8, 4) is 0 Å². The summed E-state index contributed by atoms with van der Waals surface area (Å²) in [5.41, 5.74) is 3.80. The van der Waals surface area contributed by atoms with Gasteiger partial charge in [-0.05, 0) is 37.3 Å². The van der Waals surface area contributed by atoms with Crippen LogP contribution in [0.1, 0.15) is 16.1 Å². The van der Waals surface area contributed by atoms with Crippen LogP contribution in [0.15, 0.2) is 60.8 Å². The van der Waals surface area contributed by atoms with E-state index in [0.29, 0.717) is 11.3 Å². The van der Waals surface area contributed by atoms with E-state index in [1.54, 1.807) is 6.20 Å². The molecule has 0 aliphatic carbocycles. The number of nitrogens with zero attached hydrogens (tertiary/aromatic N) is 1. The molecule has 0 spiro atoms. The van der Waals surface area contributed by atoms with Gasteiger partial charge in [-0.3, -0.25) is 14.6 Å². The number of aryl methyl sites for hydroxylation is 1. The summed E-state index contributed by atoms with van der Waals surface area (Å²) >= 11 is 0. The van der Waals surface area contributed by atoms with Gasteiger partial charge in [0.05, 0.1) is 23.3 Å². The Morgan fingerprint density at radius 3 is 2.74 bits per heavy atom. The summed E-state index contributed by atoms with van der Waals surface area (Å²) in [6.45, 7) is 1.80. The van der Waals surface area contributed by atoms with Gasteiger partial charge in [-0.1, -0.05) is 24.3 Å². The molecule has 0 aliphatic heterocycles. The van der Waals surface area contributed by atoms with Gasteiger partial charge in [-0.2, -0.15) is 0 Å². The summed E-state index contributed by atoms with van der Waals surface area (Å²) in [5, 5.41) is 7.19. The number of hydrogen-bond acceptors (Lipinski definition) is 3. The Morgan fingerprint density at radius 2 is 1.85 bits per heavy atom. The van der Waals surface area contributed by atoms with Crippen LogP contribution in [0.5, 0.6) is 0 Å². The molecule has 27 heavy (non-hydrogen) atoms. The molecule has 0 unspecified atom stereocenters. The normalized spacial score (nSPS) is 10.9. The molecule has 0 saturated heterocycles. The summed E-state index contributed by atoms with van der Waals surface area (Å²) < 4.78 is 0. The number of carbonyl (C=O) groups is 2. The molecule has 6 heteroatoms. The fraction of sp³-hybridized carbons (Fsp3) is 0.0952. The highest BCUT2D eigenvalue weighted by Gasteiger charge is 2.13. The van der Waals surface area contributed by atoms with Crippen molar-refractivity contribution in [2.75, 3.05) is 11.9 Å². The third-order valence-corrected chi connectivity index (χ3v) is 4.39. The van der Waals surface area contributed by atoms with Crippen molar-refractivity contribution in [1.29, 1.82) is 0 Å². The van der Waals surface area contributed by atoms with Crippen LogP contribution in [0.25, 0.3) is 21.8 Å². The SMILES string of the molecule is Cc1ccc2c(NC(=O)CNC(=O)c3c[nH]c4ccccc34)cccc2n1. The molecule has 6 nitrogen and oxygen atoms in total. The number of amides is 2. The second-order valence-electron chi connectivity index (χ2n) is 6.30. The van der Waals surface area contributed by atoms with Gasteiger partial charge in [-0.25, -0.2) is 0 Å². The second kappa shape index (κ2) is 6.92. The van der Waals surface area contributed by atoms with Crippen LogP contribution in [-0.4, -0.2) is 28.3 Å². The predicted octanol–water partition coefficient (Wildman–Crippen LogP) is 3.39. The summed E-state index contributed by atoms with van der Waals surface area (Å²) in [6, 6.07) is 16.9. The number of nitrogens with one attached hydrogen (secondary N) is 3. The smallest absolute Gasteiger partial charge is 0.253 e. The third kappa shape index (κ3) is 3.37. The number of rotatable bonds is 4. The Morgan fingerprint density at radius 1 is 1.00 bits per heavy atom. The molecule has 2 amide bonds. The molecular formula is C21H18N4O2. The predicted molar refractivity (Wildman–Crippen MR) is 106 cm³/mol. The van der Waals surface area contributed by atoms with Crippen molar-refractivity contribution >= 4 is 39.3 Å². The van der Waals surface area contributed by atoms with E-state index in [9.17, 15) is 9.59 Å². The van der Waals surface area contributed by atoms with Gasteiger partial charge in [0, 0.05) is 28.2 Å². The highest BCUT2D eigenvalue weighted by molar-refractivity contribution is 6.08. The molecule has 2 aromatic heterocycles. The molecule has 0 atom stereocenters. The first-order valence-corrected chi connectivity index (χ1v) is 8.62. The highest BCUT2D eigenvalue weighted by Crippen LogP contribution is 2.22. The van der Waals surface area contributed by atoms with Crippen molar-refractivity contribution in [2.45, 2.75) is 6.92 Å². The van der Waals surface area contributed by atoms with E-state index in [1.807, 2.05) is 61.5 Å². The van der Waals surface area contributed by atoms with Crippen LogP contribution in [0, 0.1) is 6.92 Å². The Bertz CT molecular complexity index is 1160. The first-order valence-electron chi connectivity index (χ1n) is 8.62. The van der Waals surface area contributed by atoms with Crippen LogP contribution < -0.4 is 10.6 Å². The van der Waals surface area contributed by atoms with Crippen molar-refractivity contribution < 1.29 is 9.59 Å². The minimum Gasteiger partial charge on any atom is -0.360 e. The number of aromatic nitrogens is 2. The number of carbonyl (C=O) groups excluding carboxylic acids is 2. The van der Waals surface area contributed by atoms with E-state index in [1.165, 1.54) is 0 Å². The molecule has 4 rings (SSSR count). The molecule has 0 aliphatic rings. The zero-order chi connectivity index (χ0) is 18.8. The zero-order valence-electron chi connectivity index (χ0n) is 14.7. The Hall–Kier alpha value is -3.67. The van der Waals surface area contributed by atoms with E-state index >= 15 is 0 Å². The fourth-order valence-corrected chi connectivity index (χ4v) is 3.08. The number of hydrogen-bond donors (Lipinski definition) is 3. The number of fused-ring (bicyclic) bond motifs is 2. The van der Waals surface area contributed by atoms with Gasteiger partial charge in [0.15, 0.2) is 0 Å². The lowest BCUT2D eigenvalue weighted by Gasteiger charge is -2.09. The molecule has 0 saturated carbocycles. The zero-order valence-corrected chi connectivity index (χ0v) is 14.7. The average molecular weight is 358 g/mol. The minimum atomic E-state index is -0.295. The lowest BCUT2D eigenvalue weighted by Crippen LogP contribution is -2.32. The molecule has 2 heterocycles. The Labute approximate surface area is 155 Å². The first-order chi connectivity index (χ1) is 13.1. The van der Waals surface area contributed by atoms with E-state index in [0.717, 1.165) is 27.5 Å². The summed E-state index contributed by atoms with van der Waals surface area (Å²) in [4.78, 5) is 32.2. The second-order valence-corrected chi connectivity index (χ2v) is 6.30. The minimum absolute atomic E-state index is 0.117.